The van der Waals surface area contributed by atoms with Crippen molar-refractivity contribution >= 4 is 23.3 Å². The monoisotopic (exact) mass is 434 g/mol. The van der Waals surface area contributed by atoms with Crippen molar-refractivity contribution in [3.63, 3.8) is 0 Å². The lowest BCUT2D eigenvalue weighted by atomic mass is 9.63. The minimum absolute atomic E-state index is 0.0811. The number of furan rings is 1. The Morgan fingerprint density at radius 1 is 1.22 bits per heavy atom. The van der Waals surface area contributed by atoms with Crippen LogP contribution in [-0.2, 0) is 29.3 Å². The first-order valence-corrected chi connectivity index (χ1v) is 10.4. The van der Waals surface area contributed by atoms with Crippen molar-refractivity contribution in [2.45, 2.75) is 31.1 Å². The summed E-state index contributed by atoms with van der Waals surface area (Å²) in [7, 11) is 1.61. The largest absolute Gasteiger partial charge is 0.469 e. The second kappa shape index (κ2) is 7.12. The first-order chi connectivity index (χ1) is 15.4. The van der Waals surface area contributed by atoms with Crippen LogP contribution in [0.15, 0.2) is 69.9 Å². The van der Waals surface area contributed by atoms with Crippen molar-refractivity contribution in [3.8, 4) is 0 Å². The number of nitrogens with two attached hydrogens (primary N) is 1. The van der Waals surface area contributed by atoms with Gasteiger partial charge in [0.2, 0.25) is 11.8 Å². The number of esters is 1. The van der Waals surface area contributed by atoms with Gasteiger partial charge in [-0.05, 0) is 25.1 Å². The van der Waals surface area contributed by atoms with Gasteiger partial charge in [0, 0.05) is 37.1 Å². The van der Waals surface area contributed by atoms with Crippen LogP contribution in [0.3, 0.4) is 0 Å². The third-order valence-corrected chi connectivity index (χ3v) is 6.37. The van der Waals surface area contributed by atoms with Gasteiger partial charge in [0.05, 0.1) is 18.4 Å². The number of anilines is 1. The van der Waals surface area contributed by atoms with Crippen molar-refractivity contribution < 1.29 is 28.3 Å². The number of rotatable bonds is 3. The van der Waals surface area contributed by atoms with Crippen molar-refractivity contribution in [3.05, 3.63) is 76.8 Å². The van der Waals surface area contributed by atoms with Gasteiger partial charge < -0.3 is 24.5 Å². The Balaban J connectivity index is 1.78. The summed E-state index contributed by atoms with van der Waals surface area (Å²) in [5, 5.41) is 0. The van der Waals surface area contributed by atoms with E-state index < -0.39 is 17.3 Å². The molecule has 2 N–H and O–H groups in total. The molecule has 2 aromatic rings. The highest BCUT2D eigenvalue weighted by Gasteiger charge is 2.63. The molecule has 1 aromatic carbocycles. The number of carbonyl (C=O) groups is 3. The summed E-state index contributed by atoms with van der Waals surface area (Å²) in [4.78, 5) is 42.1. The first-order valence-electron chi connectivity index (χ1n) is 10.4. The molecule has 8 nitrogen and oxygen atoms in total. The molecule has 8 heteroatoms. The molecule has 2 atom stereocenters. The molecule has 3 aliphatic rings. The zero-order chi connectivity index (χ0) is 22.6. The van der Waals surface area contributed by atoms with Crippen LogP contribution < -0.4 is 10.6 Å². The van der Waals surface area contributed by atoms with E-state index in [1.807, 2.05) is 0 Å². The number of benzene rings is 1. The SMILES string of the molecule is CCOC(=O)C1=C(N)OC2=C(C(=O)C[C@@H](c3ccco3)C2)[C@]12C(=O)N(C)c1ccccc12. The molecule has 1 aliphatic carbocycles. The smallest absolute Gasteiger partial charge is 0.341 e. The third-order valence-electron chi connectivity index (χ3n) is 6.37. The van der Waals surface area contributed by atoms with E-state index in [0.717, 1.165) is 0 Å². The fraction of sp³-hybridized carbons (Fsp3) is 0.292. The van der Waals surface area contributed by atoms with Crippen molar-refractivity contribution in [1.29, 1.82) is 0 Å². The molecule has 0 saturated heterocycles. The maximum Gasteiger partial charge on any atom is 0.341 e. The first kappa shape index (κ1) is 20.1. The number of ketones is 1. The van der Waals surface area contributed by atoms with E-state index in [1.54, 1.807) is 56.6 Å². The number of para-hydroxylation sites is 1. The van der Waals surface area contributed by atoms with Gasteiger partial charge in [-0.25, -0.2) is 4.79 Å². The number of allylic oxidation sites excluding steroid dienone is 1. The number of fused-ring (bicyclic) bond motifs is 3. The number of carbonyl (C=O) groups excluding carboxylic acids is 3. The Hall–Kier alpha value is -3.81. The lowest BCUT2D eigenvalue weighted by Gasteiger charge is -2.40. The van der Waals surface area contributed by atoms with Gasteiger partial charge in [-0.15, -0.1) is 0 Å². The maximum absolute atomic E-state index is 13.9. The lowest BCUT2D eigenvalue weighted by Crippen LogP contribution is -2.51. The molecule has 2 aliphatic heterocycles. The highest BCUT2D eigenvalue weighted by atomic mass is 16.5. The summed E-state index contributed by atoms with van der Waals surface area (Å²) < 4.78 is 16.6. The summed E-state index contributed by atoms with van der Waals surface area (Å²) in [6.07, 6.45) is 1.98. The Bertz CT molecular complexity index is 1210. The van der Waals surface area contributed by atoms with Crippen LogP contribution in [0.2, 0.25) is 0 Å². The molecular weight excluding hydrogens is 412 g/mol. The minimum Gasteiger partial charge on any atom is -0.469 e. The number of hydrogen-bond acceptors (Lipinski definition) is 7. The molecule has 0 radical (unpaired) electrons. The van der Waals surface area contributed by atoms with E-state index >= 15 is 0 Å². The lowest BCUT2D eigenvalue weighted by molar-refractivity contribution is -0.141. The average Bonchev–Trinajstić information content (AvgIpc) is 3.37. The second-order valence-corrected chi connectivity index (χ2v) is 8.04. The highest BCUT2D eigenvalue weighted by molar-refractivity contribution is 6.23. The van der Waals surface area contributed by atoms with E-state index in [2.05, 4.69) is 0 Å². The predicted molar refractivity (Wildman–Crippen MR) is 113 cm³/mol. The highest BCUT2D eigenvalue weighted by Crippen LogP contribution is 2.56. The molecule has 32 heavy (non-hydrogen) atoms. The van der Waals surface area contributed by atoms with Crippen molar-refractivity contribution in [2.24, 2.45) is 5.73 Å². The minimum atomic E-state index is -1.71. The van der Waals surface area contributed by atoms with Gasteiger partial charge in [-0.1, -0.05) is 18.2 Å². The van der Waals surface area contributed by atoms with E-state index in [9.17, 15) is 14.4 Å². The summed E-state index contributed by atoms with van der Waals surface area (Å²) in [5.74, 6) is -1.06. The standard InChI is InChI=1S/C24H22N2O6/c1-3-30-22(28)20-21(25)32-18-12-13(17-9-6-10-31-17)11-16(27)19(18)24(20)14-7-4-5-8-15(14)26(2)23(24)29/h4-10,13H,3,11-12,25H2,1-2H3/t13-,24+/m1/s1. The van der Waals surface area contributed by atoms with Gasteiger partial charge in [0.15, 0.2) is 5.78 Å². The summed E-state index contributed by atoms with van der Waals surface area (Å²) in [6, 6.07) is 10.6. The van der Waals surface area contributed by atoms with Crippen LogP contribution in [-0.4, -0.2) is 31.3 Å². The van der Waals surface area contributed by atoms with Crippen molar-refractivity contribution in [1.82, 2.24) is 0 Å². The summed E-state index contributed by atoms with van der Waals surface area (Å²) in [5.41, 5.74) is 5.67. The molecular formula is C24H22N2O6. The maximum atomic E-state index is 13.9. The van der Waals surface area contributed by atoms with Crippen molar-refractivity contribution in [2.75, 3.05) is 18.6 Å². The number of hydrogen-bond donors (Lipinski definition) is 1. The van der Waals surface area contributed by atoms with Gasteiger partial charge in [0.25, 0.3) is 0 Å². The van der Waals surface area contributed by atoms with E-state index in [-0.39, 0.29) is 47.5 Å². The van der Waals surface area contributed by atoms with E-state index in [1.165, 1.54) is 4.90 Å². The molecule has 1 spiro atoms. The molecule has 0 bridgehead atoms. The number of ether oxygens (including phenoxy) is 2. The van der Waals surface area contributed by atoms with Crippen LogP contribution in [0.4, 0.5) is 5.69 Å². The van der Waals surface area contributed by atoms with Crippen LogP contribution in [0.25, 0.3) is 0 Å². The van der Waals surface area contributed by atoms with Gasteiger partial charge in [-0.2, -0.15) is 0 Å². The Morgan fingerprint density at radius 2 is 2.00 bits per heavy atom. The molecule has 1 aromatic heterocycles. The topological polar surface area (TPSA) is 112 Å². The third kappa shape index (κ3) is 2.52. The van der Waals surface area contributed by atoms with Crippen LogP contribution in [0.5, 0.6) is 0 Å². The second-order valence-electron chi connectivity index (χ2n) is 8.04. The van der Waals surface area contributed by atoms with Gasteiger partial charge in [0.1, 0.15) is 22.5 Å². The van der Waals surface area contributed by atoms with E-state index in [4.69, 9.17) is 19.6 Å². The normalized spacial score (nSPS) is 24.6. The average molecular weight is 434 g/mol. The van der Waals surface area contributed by atoms with Crippen LogP contribution in [0, 0.1) is 0 Å². The van der Waals surface area contributed by atoms with Gasteiger partial charge in [-0.3, -0.25) is 9.59 Å². The van der Waals surface area contributed by atoms with Gasteiger partial charge >= 0.3 is 5.97 Å². The Labute approximate surface area is 184 Å². The zero-order valence-electron chi connectivity index (χ0n) is 17.7. The molecule has 164 valence electrons. The fourth-order valence-electron chi connectivity index (χ4n) is 5.11. The number of likely N-dealkylation sites (N-methyl/N-ethyl adjacent to an activating group) is 1. The molecule has 0 unspecified atom stereocenters. The molecule has 1 amide bonds. The predicted octanol–water partition coefficient (Wildman–Crippen LogP) is 2.66. The van der Waals surface area contributed by atoms with Crippen LogP contribution >= 0.6 is 0 Å². The summed E-state index contributed by atoms with van der Waals surface area (Å²) >= 11 is 0. The number of nitrogens with zero attached hydrogens (tertiary/aromatic N) is 1. The van der Waals surface area contributed by atoms with Crippen LogP contribution in [0.1, 0.15) is 37.0 Å². The fourth-order valence-corrected chi connectivity index (χ4v) is 5.11. The van der Waals surface area contributed by atoms with E-state index in [0.29, 0.717) is 23.4 Å². The Kier molecular flexibility index (Phi) is 4.47. The zero-order valence-corrected chi connectivity index (χ0v) is 17.7. The molecule has 0 fully saturated rings. The quantitative estimate of drug-likeness (QED) is 0.739. The molecule has 0 saturated carbocycles. The Morgan fingerprint density at radius 3 is 2.72 bits per heavy atom. The molecule has 5 rings (SSSR count). The summed E-state index contributed by atoms with van der Waals surface area (Å²) in [6.45, 7) is 1.74. The number of amides is 1. The molecule has 3 heterocycles. The number of Topliss-reactive ketones (excluding diaryl/α,β-unsaturated/α-hetero) is 1.